The monoisotopic (exact) mass is 446 g/mol. The van der Waals surface area contributed by atoms with Gasteiger partial charge in [-0.15, -0.1) is 12.4 Å². The van der Waals surface area contributed by atoms with E-state index in [0.717, 1.165) is 18.7 Å². The van der Waals surface area contributed by atoms with Crippen LogP contribution in [0, 0.1) is 0 Å². The molecule has 0 atom stereocenters. The maximum Gasteiger partial charge on any atom is 0.338 e. The first-order valence-electron chi connectivity index (χ1n) is 9.97. The molecule has 0 aromatic heterocycles. The van der Waals surface area contributed by atoms with E-state index >= 15 is 0 Å². The van der Waals surface area contributed by atoms with Gasteiger partial charge in [0.05, 0.1) is 5.56 Å². The molecule has 0 radical (unpaired) electrons. The first kappa shape index (κ1) is 24.2. The van der Waals surface area contributed by atoms with Crippen LogP contribution in [0.25, 0.3) is 6.08 Å². The summed E-state index contributed by atoms with van der Waals surface area (Å²) >= 11 is 0. The van der Waals surface area contributed by atoms with Gasteiger partial charge in [-0.1, -0.05) is 19.9 Å². The molecule has 1 amide bonds. The zero-order chi connectivity index (χ0) is 21.3. The predicted molar refractivity (Wildman–Crippen MR) is 122 cm³/mol. The summed E-state index contributed by atoms with van der Waals surface area (Å²) in [7, 11) is 0. The van der Waals surface area contributed by atoms with Gasteiger partial charge >= 0.3 is 5.97 Å². The van der Waals surface area contributed by atoms with E-state index in [4.69, 9.17) is 14.2 Å². The number of anilines is 1. The van der Waals surface area contributed by atoms with Gasteiger partial charge in [0.2, 0.25) is 12.7 Å². The van der Waals surface area contributed by atoms with E-state index < -0.39 is 0 Å². The average Bonchev–Trinajstić information content (AvgIpc) is 3.23. The Bertz CT molecular complexity index is 911. The summed E-state index contributed by atoms with van der Waals surface area (Å²) in [5.74, 6) is 0.713. The quantitative estimate of drug-likeness (QED) is 0.463. The molecule has 1 aliphatic heterocycles. The molecule has 2 aromatic carbocycles. The Kier molecular flexibility index (Phi) is 9.37. The van der Waals surface area contributed by atoms with Gasteiger partial charge in [-0.05, 0) is 61.1 Å². The third-order valence-corrected chi connectivity index (χ3v) is 4.75. The Balaban J connectivity index is 0.00000341. The number of nitrogens with zero attached hydrogens (tertiary/aromatic N) is 1. The zero-order valence-electron chi connectivity index (χ0n) is 17.6. The van der Waals surface area contributed by atoms with Crippen molar-refractivity contribution in [2.75, 3.05) is 38.4 Å². The molecule has 0 fully saturated rings. The molecule has 0 bridgehead atoms. The Morgan fingerprint density at radius 2 is 1.77 bits per heavy atom. The molecule has 1 N–H and O–H groups in total. The highest BCUT2D eigenvalue weighted by molar-refractivity contribution is 6.02. The number of carbonyl (C=O) groups is 2. The number of rotatable bonds is 9. The zero-order valence-corrected chi connectivity index (χ0v) is 18.4. The van der Waals surface area contributed by atoms with Crippen LogP contribution < -0.4 is 14.8 Å². The van der Waals surface area contributed by atoms with Crippen molar-refractivity contribution in [3.8, 4) is 11.5 Å². The number of benzene rings is 2. The number of ether oxygens (including phenoxy) is 3. The van der Waals surface area contributed by atoms with Crippen molar-refractivity contribution in [3.05, 3.63) is 59.7 Å². The molecule has 0 spiro atoms. The molecule has 0 unspecified atom stereocenters. The molecule has 0 aliphatic carbocycles. The standard InChI is InChI=1S/C23H26N2O5.ClH/c1-3-25(4-2)13-14-28-23(27)18-7-9-19(10-8-18)24-22(26)12-6-17-5-11-20-21(15-17)30-16-29-20;/h5-12,15H,3-4,13-14,16H2,1-2H3,(H,24,26);1H. The van der Waals surface area contributed by atoms with Crippen LogP contribution in [0.1, 0.15) is 29.8 Å². The maximum atomic E-state index is 12.2. The summed E-state index contributed by atoms with van der Waals surface area (Å²) in [6.07, 6.45) is 3.13. The molecule has 2 aromatic rings. The molecule has 3 rings (SSSR count). The molecule has 0 saturated carbocycles. The topological polar surface area (TPSA) is 77.1 Å². The van der Waals surface area contributed by atoms with Crippen molar-refractivity contribution in [1.82, 2.24) is 4.90 Å². The molecule has 1 aliphatic rings. The lowest BCUT2D eigenvalue weighted by atomic mass is 10.2. The normalized spacial score (nSPS) is 12.0. The SMILES string of the molecule is CCN(CC)CCOC(=O)c1ccc(NC(=O)C=Cc2ccc3c(c2)OCO3)cc1.Cl. The van der Waals surface area contributed by atoms with Crippen molar-refractivity contribution in [2.24, 2.45) is 0 Å². The summed E-state index contributed by atoms with van der Waals surface area (Å²) in [5.41, 5.74) is 1.87. The number of hydrogen-bond acceptors (Lipinski definition) is 6. The highest BCUT2D eigenvalue weighted by Crippen LogP contribution is 2.32. The van der Waals surface area contributed by atoms with Crippen LogP contribution in [0.4, 0.5) is 5.69 Å². The molecule has 0 saturated heterocycles. The van der Waals surface area contributed by atoms with E-state index in [0.29, 0.717) is 35.9 Å². The van der Waals surface area contributed by atoms with Gasteiger partial charge < -0.3 is 24.4 Å². The van der Waals surface area contributed by atoms with Crippen LogP contribution in [0.5, 0.6) is 11.5 Å². The molecule has 31 heavy (non-hydrogen) atoms. The van der Waals surface area contributed by atoms with Crippen LogP contribution in [-0.2, 0) is 9.53 Å². The van der Waals surface area contributed by atoms with E-state index in [1.807, 2.05) is 12.1 Å². The minimum absolute atomic E-state index is 0. The van der Waals surface area contributed by atoms with Crippen molar-refractivity contribution in [1.29, 1.82) is 0 Å². The van der Waals surface area contributed by atoms with Gasteiger partial charge in [-0.25, -0.2) is 4.79 Å². The molecule has 1 heterocycles. The van der Waals surface area contributed by atoms with Gasteiger partial charge in [-0.3, -0.25) is 4.79 Å². The maximum absolute atomic E-state index is 12.2. The van der Waals surface area contributed by atoms with Crippen LogP contribution in [0.15, 0.2) is 48.5 Å². The van der Waals surface area contributed by atoms with Gasteiger partial charge in [0, 0.05) is 18.3 Å². The van der Waals surface area contributed by atoms with Crippen LogP contribution in [0.3, 0.4) is 0 Å². The third kappa shape index (κ3) is 7.01. The summed E-state index contributed by atoms with van der Waals surface area (Å²) < 4.78 is 15.9. The van der Waals surface area contributed by atoms with Crippen molar-refractivity contribution < 1.29 is 23.8 Å². The third-order valence-electron chi connectivity index (χ3n) is 4.75. The Morgan fingerprint density at radius 3 is 2.48 bits per heavy atom. The van der Waals surface area contributed by atoms with E-state index in [-0.39, 0.29) is 31.1 Å². The fourth-order valence-corrected chi connectivity index (χ4v) is 2.95. The second-order valence-electron chi connectivity index (χ2n) is 6.68. The summed E-state index contributed by atoms with van der Waals surface area (Å²) in [6.45, 7) is 7.26. The smallest absolute Gasteiger partial charge is 0.338 e. The molecule has 166 valence electrons. The average molecular weight is 447 g/mol. The van der Waals surface area contributed by atoms with Crippen molar-refractivity contribution in [3.63, 3.8) is 0 Å². The van der Waals surface area contributed by atoms with Gasteiger partial charge in [0.15, 0.2) is 11.5 Å². The first-order valence-corrected chi connectivity index (χ1v) is 9.97. The second-order valence-corrected chi connectivity index (χ2v) is 6.68. The molecule has 7 nitrogen and oxygen atoms in total. The summed E-state index contributed by atoms with van der Waals surface area (Å²) in [5, 5.41) is 2.76. The van der Waals surface area contributed by atoms with E-state index in [1.54, 1.807) is 36.4 Å². The number of fused-ring (bicyclic) bond motifs is 1. The number of likely N-dealkylation sites (N-methyl/N-ethyl adjacent to an activating group) is 1. The van der Waals surface area contributed by atoms with Crippen LogP contribution in [0.2, 0.25) is 0 Å². The summed E-state index contributed by atoms with van der Waals surface area (Å²) in [4.78, 5) is 26.5. The lowest BCUT2D eigenvalue weighted by Gasteiger charge is -2.17. The second kappa shape index (κ2) is 12.0. The minimum Gasteiger partial charge on any atom is -0.461 e. The van der Waals surface area contributed by atoms with Gasteiger partial charge in [0.1, 0.15) is 6.61 Å². The van der Waals surface area contributed by atoms with Crippen molar-refractivity contribution in [2.45, 2.75) is 13.8 Å². The number of carbonyl (C=O) groups excluding carboxylic acids is 2. The predicted octanol–water partition coefficient (Wildman–Crippen LogP) is 3.99. The van der Waals surface area contributed by atoms with Gasteiger partial charge in [0.25, 0.3) is 0 Å². The molecular formula is C23H27ClN2O5. The van der Waals surface area contributed by atoms with E-state index in [9.17, 15) is 9.59 Å². The Hall–Kier alpha value is -3.03. The van der Waals surface area contributed by atoms with E-state index in [1.165, 1.54) is 6.08 Å². The highest BCUT2D eigenvalue weighted by Gasteiger charge is 2.12. The number of hydrogen-bond donors (Lipinski definition) is 1. The largest absolute Gasteiger partial charge is 0.461 e. The highest BCUT2D eigenvalue weighted by atomic mass is 35.5. The minimum atomic E-state index is -0.372. The van der Waals surface area contributed by atoms with Crippen molar-refractivity contribution >= 4 is 36.0 Å². The summed E-state index contributed by atoms with van der Waals surface area (Å²) in [6, 6.07) is 12.1. The lowest BCUT2D eigenvalue weighted by molar-refractivity contribution is -0.111. The molecule has 8 heteroatoms. The first-order chi connectivity index (χ1) is 14.6. The Morgan fingerprint density at radius 1 is 1.06 bits per heavy atom. The number of nitrogens with one attached hydrogen (secondary N) is 1. The fourth-order valence-electron chi connectivity index (χ4n) is 2.95. The number of esters is 1. The van der Waals surface area contributed by atoms with E-state index in [2.05, 4.69) is 24.1 Å². The number of halogens is 1. The Labute approximate surface area is 188 Å². The fraction of sp³-hybridized carbons (Fsp3) is 0.304. The van der Waals surface area contributed by atoms with Crippen LogP contribution >= 0.6 is 12.4 Å². The van der Waals surface area contributed by atoms with Gasteiger partial charge in [-0.2, -0.15) is 0 Å². The van der Waals surface area contributed by atoms with Crippen LogP contribution in [-0.4, -0.2) is 49.8 Å². The molecular weight excluding hydrogens is 420 g/mol. The lowest BCUT2D eigenvalue weighted by Crippen LogP contribution is -2.27. The number of amides is 1.